The van der Waals surface area contributed by atoms with Crippen LogP contribution in [0.4, 0.5) is 4.79 Å². The summed E-state index contributed by atoms with van der Waals surface area (Å²) in [5.41, 5.74) is 0.832. The summed E-state index contributed by atoms with van der Waals surface area (Å²) >= 11 is 5.83. The van der Waals surface area contributed by atoms with Crippen molar-refractivity contribution in [3.8, 4) is 0 Å². The van der Waals surface area contributed by atoms with E-state index in [9.17, 15) is 14.7 Å². The Labute approximate surface area is 153 Å². The number of nitrogens with zero attached hydrogens (tertiary/aromatic N) is 1. The van der Waals surface area contributed by atoms with E-state index >= 15 is 0 Å². The zero-order valence-electron chi connectivity index (χ0n) is 14.6. The Balaban J connectivity index is 1.91. The van der Waals surface area contributed by atoms with Gasteiger partial charge in [0.15, 0.2) is 0 Å². The van der Waals surface area contributed by atoms with Crippen LogP contribution in [-0.2, 0) is 16.1 Å². The summed E-state index contributed by atoms with van der Waals surface area (Å²) in [5.74, 6) is -0.130. The monoisotopic (exact) mass is 368 g/mol. The number of ether oxygens (including phenoxy) is 1. The quantitative estimate of drug-likeness (QED) is 0.808. The molecule has 0 aliphatic carbocycles. The lowest BCUT2D eigenvalue weighted by Crippen LogP contribution is -2.51. The van der Waals surface area contributed by atoms with Gasteiger partial charge in [-0.25, -0.2) is 4.79 Å². The first-order chi connectivity index (χ1) is 11.9. The molecule has 0 saturated carbocycles. The van der Waals surface area contributed by atoms with Crippen molar-refractivity contribution in [1.82, 2.24) is 10.2 Å². The van der Waals surface area contributed by atoms with Gasteiger partial charge in [-0.3, -0.25) is 9.69 Å². The normalized spacial score (nSPS) is 18.3. The summed E-state index contributed by atoms with van der Waals surface area (Å²) in [7, 11) is 0. The second-order valence-electron chi connectivity index (χ2n) is 6.57. The van der Waals surface area contributed by atoms with Gasteiger partial charge < -0.3 is 15.2 Å². The van der Waals surface area contributed by atoms with Crippen LogP contribution in [0.5, 0.6) is 0 Å². The van der Waals surface area contributed by atoms with Gasteiger partial charge in [0.05, 0.1) is 12.6 Å². The van der Waals surface area contributed by atoms with E-state index in [4.69, 9.17) is 16.3 Å². The average molecular weight is 369 g/mol. The van der Waals surface area contributed by atoms with Crippen LogP contribution in [0, 0.1) is 5.92 Å². The molecule has 0 radical (unpaired) electrons. The van der Waals surface area contributed by atoms with E-state index in [1.54, 1.807) is 24.3 Å². The minimum atomic E-state index is -0.550. The third kappa shape index (κ3) is 5.34. The van der Waals surface area contributed by atoms with Crippen molar-refractivity contribution >= 4 is 23.6 Å². The number of benzene rings is 1. The maximum Gasteiger partial charge on any atom is 0.410 e. The molecule has 1 aliphatic rings. The molecule has 6 nitrogen and oxygen atoms in total. The number of carbonyl (C=O) groups is 2. The maximum absolute atomic E-state index is 12.5. The third-order valence-corrected chi connectivity index (χ3v) is 4.65. The van der Waals surface area contributed by atoms with Crippen LogP contribution in [0.1, 0.15) is 32.3 Å². The molecule has 7 heteroatoms. The van der Waals surface area contributed by atoms with Gasteiger partial charge >= 0.3 is 6.09 Å². The van der Waals surface area contributed by atoms with Crippen molar-refractivity contribution in [3.63, 3.8) is 0 Å². The van der Waals surface area contributed by atoms with Crippen molar-refractivity contribution < 1.29 is 19.4 Å². The number of aliphatic hydroxyl groups excluding tert-OH is 1. The lowest BCUT2D eigenvalue weighted by Gasteiger charge is -2.26. The highest BCUT2D eigenvalue weighted by Gasteiger charge is 2.36. The smallest absolute Gasteiger partial charge is 0.410 e. The number of rotatable bonds is 6. The number of carbonyl (C=O) groups excluding carboxylic acids is 2. The van der Waals surface area contributed by atoms with Gasteiger partial charge in [-0.1, -0.05) is 37.6 Å². The summed E-state index contributed by atoms with van der Waals surface area (Å²) in [6.45, 7) is 4.34. The van der Waals surface area contributed by atoms with E-state index < -0.39 is 12.1 Å². The minimum absolute atomic E-state index is 0.112. The molecule has 2 N–H and O–H groups in total. The molecule has 25 heavy (non-hydrogen) atoms. The lowest BCUT2D eigenvalue weighted by atomic mass is 10.0. The number of halogens is 1. The molecule has 1 aromatic rings. The molecular weight excluding hydrogens is 344 g/mol. The predicted octanol–water partition coefficient (Wildman–Crippen LogP) is 2.57. The zero-order valence-corrected chi connectivity index (χ0v) is 15.3. The molecule has 0 unspecified atom stereocenters. The Morgan fingerprint density at radius 3 is 2.64 bits per heavy atom. The van der Waals surface area contributed by atoms with Crippen LogP contribution in [0.3, 0.4) is 0 Å². The highest BCUT2D eigenvalue weighted by atomic mass is 35.5. The average Bonchev–Trinajstić information content (AvgIpc) is 3.08. The summed E-state index contributed by atoms with van der Waals surface area (Å²) in [6.07, 6.45) is 0.843. The van der Waals surface area contributed by atoms with Gasteiger partial charge in [0.2, 0.25) is 5.91 Å². The second-order valence-corrected chi connectivity index (χ2v) is 7.01. The van der Waals surface area contributed by atoms with Crippen molar-refractivity contribution in [2.45, 2.75) is 45.4 Å². The number of hydrogen-bond donors (Lipinski definition) is 2. The van der Waals surface area contributed by atoms with Crippen LogP contribution < -0.4 is 5.32 Å². The third-order valence-electron chi connectivity index (χ3n) is 4.39. The summed E-state index contributed by atoms with van der Waals surface area (Å²) < 4.78 is 5.33. The minimum Gasteiger partial charge on any atom is -0.445 e. The van der Waals surface area contributed by atoms with E-state index in [1.807, 2.05) is 13.8 Å². The molecule has 1 aliphatic heterocycles. The zero-order chi connectivity index (χ0) is 18.4. The van der Waals surface area contributed by atoms with Crippen LogP contribution >= 0.6 is 11.6 Å². The maximum atomic E-state index is 12.5. The predicted molar refractivity (Wildman–Crippen MR) is 95.2 cm³/mol. The molecule has 138 valence electrons. The highest BCUT2D eigenvalue weighted by Crippen LogP contribution is 2.20. The largest absolute Gasteiger partial charge is 0.445 e. The first-order valence-electron chi connectivity index (χ1n) is 8.51. The van der Waals surface area contributed by atoms with Gasteiger partial charge in [0.1, 0.15) is 12.6 Å². The van der Waals surface area contributed by atoms with Crippen molar-refractivity contribution in [1.29, 1.82) is 0 Å². The topological polar surface area (TPSA) is 78.9 Å². The Morgan fingerprint density at radius 1 is 1.36 bits per heavy atom. The van der Waals surface area contributed by atoms with Crippen molar-refractivity contribution in [2.24, 2.45) is 5.92 Å². The molecule has 1 saturated heterocycles. The van der Waals surface area contributed by atoms with E-state index in [-0.39, 0.29) is 31.1 Å². The molecule has 2 atom stereocenters. The number of nitrogens with one attached hydrogen (secondary N) is 1. The molecule has 1 heterocycles. The molecule has 1 fully saturated rings. The van der Waals surface area contributed by atoms with Gasteiger partial charge in [0, 0.05) is 11.6 Å². The molecule has 0 spiro atoms. The van der Waals surface area contributed by atoms with E-state index in [0.29, 0.717) is 18.0 Å². The first kappa shape index (κ1) is 19.5. The molecule has 0 bridgehead atoms. The standard InChI is InChI=1S/C18H25ClN2O4/c1-12(2)15(10-22)20-17(23)16-4-3-9-21(16)18(24)25-11-13-5-7-14(19)8-6-13/h5-8,12,15-16,22H,3-4,9-11H2,1-2H3,(H,20,23)/t15-,16+/m1/s1. The number of hydrogen-bond acceptors (Lipinski definition) is 4. The van der Waals surface area contributed by atoms with Gasteiger partial charge in [-0.05, 0) is 36.5 Å². The van der Waals surface area contributed by atoms with E-state index in [1.165, 1.54) is 4.90 Å². The van der Waals surface area contributed by atoms with Crippen molar-refractivity contribution in [2.75, 3.05) is 13.2 Å². The van der Waals surface area contributed by atoms with Gasteiger partial charge in [-0.15, -0.1) is 0 Å². The fraction of sp³-hybridized carbons (Fsp3) is 0.556. The van der Waals surface area contributed by atoms with Gasteiger partial charge in [0.25, 0.3) is 0 Å². The van der Waals surface area contributed by atoms with Crippen LogP contribution in [0.15, 0.2) is 24.3 Å². The van der Waals surface area contributed by atoms with E-state index in [0.717, 1.165) is 12.0 Å². The van der Waals surface area contributed by atoms with Crippen molar-refractivity contribution in [3.05, 3.63) is 34.9 Å². The first-order valence-corrected chi connectivity index (χ1v) is 8.89. The molecule has 2 amide bonds. The second kappa shape index (κ2) is 9.06. The summed E-state index contributed by atoms with van der Waals surface area (Å²) in [4.78, 5) is 26.3. The molecule has 1 aromatic carbocycles. The number of aliphatic hydroxyl groups is 1. The van der Waals surface area contributed by atoms with E-state index in [2.05, 4.69) is 5.32 Å². The Morgan fingerprint density at radius 2 is 2.04 bits per heavy atom. The molecular formula is C18H25ClN2O4. The van der Waals surface area contributed by atoms with Crippen LogP contribution in [-0.4, -0.2) is 47.2 Å². The fourth-order valence-electron chi connectivity index (χ4n) is 2.77. The Bertz CT molecular complexity index is 591. The number of likely N-dealkylation sites (tertiary alicyclic amines) is 1. The fourth-order valence-corrected chi connectivity index (χ4v) is 2.89. The molecule has 0 aromatic heterocycles. The highest BCUT2D eigenvalue weighted by molar-refractivity contribution is 6.30. The summed E-state index contributed by atoms with van der Waals surface area (Å²) in [5, 5.41) is 12.8. The lowest BCUT2D eigenvalue weighted by molar-refractivity contribution is -0.126. The van der Waals surface area contributed by atoms with Crippen LogP contribution in [0.2, 0.25) is 5.02 Å². The summed E-state index contributed by atoms with van der Waals surface area (Å²) in [6, 6.07) is 6.18. The van der Waals surface area contributed by atoms with Crippen LogP contribution in [0.25, 0.3) is 0 Å². The molecule has 2 rings (SSSR count). The van der Waals surface area contributed by atoms with Gasteiger partial charge in [-0.2, -0.15) is 0 Å². The SMILES string of the molecule is CC(C)[C@@H](CO)NC(=O)[C@@H]1CCCN1C(=O)OCc1ccc(Cl)cc1. The Kier molecular flexibility index (Phi) is 7.08. The number of amides is 2. The Hall–Kier alpha value is -1.79.